The number of nitrogens with zero attached hydrogens (tertiary/aromatic N) is 2. The third kappa shape index (κ3) is 30.1. The average Bonchev–Trinajstić information content (AvgIpc) is 2.92. The molecule has 39 heavy (non-hydrogen) atoms. The molecule has 0 atom stereocenters. The lowest BCUT2D eigenvalue weighted by molar-refractivity contribution is -0.137. The van der Waals surface area contributed by atoms with Gasteiger partial charge in [-0.05, 0) is 45.3 Å². The van der Waals surface area contributed by atoms with Crippen LogP contribution in [-0.2, 0) is 4.79 Å². The second-order valence-electron chi connectivity index (χ2n) is 12.0. The standard InChI is InChI=1S/C34H70N2O3/c1-3-5-7-9-11-13-15-17-19-23-27-35(28-25-21-22-26-34(38)39)30-31-36(32-33-37)29-24-20-18-16-14-12-10-8-6-4-2/h37H,3-33H2,1-2H3,(H,38,39). The molecule has 0 aliphatic carbocycles. The molecule has 0 amide bonds. The SMILES string of the molecule is CCCCCCCCCCCCN(CCO)CCN(CCCCCCCCCCCC)CCCCCC(=O)O. The largest absolute Gasteiger partial charge is 0.481 e. The summed E-state index contributed by atoms with van der Waals surface area (Å²) in [4.78, 5) is 15.9. The Morgan fingerprint density at radius 1 is 0.436 bits per heavy atom. The lowest BCUT2D eigenvalue weighted by Gasteiger charge is -2.27. The molecule has 5 nitrogen and oxygen atoms in total. The Morgan fingerprint density at radius 3 is 1.08 bits per heavy atom. The third-order valence-electron chi connectivity index (χ3n) is 8.17. The third-order valence-corrected chi connectivity index (χ3v) is 8.17. The minimum atomic E-state index is -0.677. The van der Waals surface area contributed by atoms with E-state index in [-0.39, 0.29) is 6.61 Å². The number of carboxylic acid groups (broad SMARTS) is 1. The van der Waals surface area contributed by atoms with Gasteiger partial charge in [0.1, 0.15) is 0 Å². The molecule has 0 heterocycles. The molecule has 0 fully saturated rings. The highest BCUT2D eigenvalue weighted by molar-refractivity contribution is 5.66. The Balaban J connectivity index is 4.20. The minimum absolute atomic E-state index is 0.241. The van der Waals surface area contributed by atoms with E-state index in [4.69, 9.17) is 5.11 Å². The second kappa shape index (κ2) is 31.9. The van der Waals surface area contributed by atoms with Crippen LogP contribution >= 0.6 is 0 Å². The lowest BCUT2D eigenvalue weighted by atomic mass is 10.1. The van der Waals surface area contributed by atoms with E-state index < -0.39 is 5.97 Å². The van der Waals surface area contributed by atoms with Crippen molar-refractivity contribution in [2.24, 2.45) is 0 Å². The predicted octanol–water partition coefficient (Wildman–Crippen LogP) is 9.07. The van der Waals surface area contributed by atoms with Crippen molar-refractivity contribution in [1.82, 2.24) is 9.80 Å². The monoisotopic (exact) mass is 555 g/mol. The van der Waals surface area contributed by atoms with Crippen LogP contribution in [0.2, 0.25) is 0 Å². The van der Waals surface area contributed by atoms with E-state index in [2.05, 4.69) is 23.6 Å². The fourth-order valence-corrected chi connectivity index (χ4v) is 5.53. The van der Waals surface area contributed by atoms with Crippen molar-refractivity contribution in [3.05, 3.63) is 0 Å². The van der Waals surface area contributed by atoms with Gasteiger partial charge in [-0.1, -0.05) is 136 Å². The van der Waals surface area contributed by atoms with Gasteiger partial charge in [0.25, 0.3) is 0 Å². The number of unbranched alkanes of at least 4 members (excludes halogenated alkanes) is 20. The molecule has 2 N–H and O–H groups in total. The maximum atomic E-state index is 10.8. The van der Waals surface area contributed by atoms with Crippen molar-refractivity contribution in [1.29, 1.82) is 0 Å². The highest BCUT2D eigenvalue weighted by Gasteiger charge is 2.10. The predicted molar refractivity (Wildman–Crippen MR) is 170 cm³/mol. The van der Waals surface area contributed by atoms with Crippen LogP contribution in [0.1, 0.15) is 168 Å². The van der Waals surface area contributed by atoms with E-state index in [0.29, 0.717) is 6.42 Å². The smallest absolute Gasteiger partial charge is 0.303 e. The van der Waals surface area contributed by atoms with E-state index in [1.165, 1.54) is 128 Å². The van der Waals surface area contributed by atoms with Crippen molar-refractivity contribution in [2.75, 3.05) is 45.9 Å². The maximum Gasteiger partial charge on any atom is 0.303 e. The summed E-state index contributed by atoms with van der Waals surface area (Å²) in [5, 5.41) is 18.5. The fraction of sp³-hybridized carbons (Fsp3) is 0.971. The number of carboxylic acids is 1. The summed E-state index contributed by atoms with van der Waals surface area (Å²) in [6.07, 6.45) is 30.4. The number of aliphatic hydroxyl groups is 1. The molecule has 234 valence electrons. The summed E-state index contributed by atoms with van der Waals surface area (Å²) in [7, 11) is 0. The molecule has 0 radical (unpaired) electrons. The molecule has 0 rings (SSSR count). The van der Waals surface area contributed by atoms with Crippen LogP contribution < -0.4 is 0 Å². The summed E-state index contributed by atoms with van der Waals surface area (Å²) < 4.78 is 0. The van der Waals surface area contributed by atoms with Crippen LogP contribution in [0.25, 0.3) is 0 Å². The van der Waals surface area contributed by atoms with Gasteiger partial charge in [-0.3, -0.25) is 9.69 Å². The first-order valence-electron chi connectivity index (χ1n) is 17.4. The lowest BCUT2D eigenvalue weighted by Crippen LogP contribution is -2.38. The second-order valence-corrected chi connectivity index (χ2v) is 12.0. The zero-order chi connectivity index (χ0) is 28.7. The Bertz CT molecular complexity index is 489. The summed E-state index contributed by atoms with van der Waals surface area (Å²) >= 11 is 0. The molecule has 0 unspecified atom stereocenters. The van der Waals surface area contributed by atoms with E-state index in [0.717, 1.165) is 58.5 Å². The van der Waals surface area contributed by atoms with Crippen LogP contribution in [-0.4, -0.2) is 71.9 Å². The molecule has 0 aliphatic rings. The van der Waals surface area contributed by atoms with Crippen LogP contribution in [0.3, 0.4) is 0 Å². The minimum Gasteiger partial charge on any atom is -0.481 e. The Labute approximate surface area is 244 Å². The first-order chi connectivity index (χ1) is 19.1. The zero-order valence-electron chi connectivity index (χ0n) is 26.6. The van der Waals surface area contributed by atoms with Gasteiger partial charge in [-0.15, -0.1) is 0 Å². The van der Waals surface area contributed by atoms with Gasteiger partial charge in [0, 0.05) is 26.1 Å². The zero-order valence-corrected chi connectivity index (χ0v) is 26.6. The first-order valence-corrected chi connectivity index (χ1v) is 17.4. The van der Waals surface area contributed by atoms with E-state index in [9.17, 15) is 9.90 Å². The summed E-state index contributed by atoms with van der Waals surface area (Å²) in [5.41, 5.74) is 0. The molecular formula is C34H70N2O3. The van der Waals surface area contributed by atoms with Crippen LogP contribution in [0.4, 0.5) is 0 Å². The van der Waals surface area contributed by atoms with Gasteiger partial charge >= 0.3 is 5.97 Å². The van der Waals surface area contributed by atoms with E-state index >= 15 is 0 Å². The highest BCUT2D eigenvalue weighted by atomic mass is 16.4. The fourth-order valence-electron chi connectivity index (χ4n) is 5.53. The summed E-state index contributed by atoms with van der Waals surface area (Å²) in [6.45, 7) is 11.0. The quantitative estimate of drug-likeness (QED) is 0.0792. The van der Waals surface area contributed by atoms with Gasteiger partial charge in [0.15, 0.2) is 0 Å². The first kappa shape index (κ1) is 38.4. The number of aliphatic carboxylic acids is 1. The van der Waals surface area contributed by atoms with E-state index in [1.54, 1.807) is 0 Å². The molecule has 0 aromatic rings. The Morgan fingerprint density at radius 2 is 0.744 bits per heavy atom. The Kier molecular flexibility index (Phi) is 31.3. The Hall–Kier alpha value is -0.650. The topological polar surface area (TPSA) is 64.0 Å². The number of carbonyl (C=O) groups is 1. The van der Waals surface area contributed by atoms with Crippen molar-refractivity contribution < 1.29 is 15.0 Å². The van der Waals surface area contributed by atoms with Crippen molar-refractivity contribution in [3.8, 4) is 0 Å². The molecule has 0 spiro atoms. The molecule has 0 aromatic carbocycles. The van der Waals surface area contributed by atoms with Crippen molar-refractivity contribution >= 4 is 5.97 Å². The van der Waals surface area contributed by atoms with Crippen LogP contribution in [0.15, 0.2) is 0 Å². The van der Waals surface area contributed by atoms with Gasteiger partial charge in [-0.2, -0.15) is 0 Å². The van der Waals surface area contributed by atoms with Crippen molar-refractivity contribution in [3.63, 3.8) is 0 Å². The average molecular weight is 555 g/mol. The molecule has 5 heteroatoms. The molecule has 0 saturated carbocycles. The molecular weight excluding hydrogens is 484 g/mol. The molecule has 0 bridgehead atoms. The number of hydrogen-bond donors (Lipinski definition) is 2. The van der Waals surface area contributed by atoms with Crippen molar-refractivity contribution in [2.45, 2.75) is 168 Å². The number of rotatable bonds is 33. The molecule has 0 saturated heterocycles. The van der Waals surface area contributed by atoms with Crippen LogP contribution in [0, 0.1) is 0 Å². The van der Waals surface area contributed by atoms with Gasteiger partial charge in [0.2, 0.25) is 0 Å². The van der Waals surface area contributed by atoms with Gasteiger partial charge in [0.05, 0.1) is 6.61 Å². The maximum absolute atomic E-state index is 10.8. The van der Waals surface area contributed by atoms with Crippen LogP contribution in [0.5, 0.6) is 0 Å². The van der Waals surface area contributed by atoms with E-state index in [1.807, 2.05) is 0 Å². The molecule has 0 aliphatic heterocycles. The van der Waals surface area contributed by atoms with Gasteiger partial charge in [-0.25, -0.2) is 0 Å². The highest BCUT2D eigenvalue weighted by Crippen LogP contribution is 2.13. The summed E-state index contributed by atoms with van der Waals surface area (Å²) in [5.74, 6) is -0.677. The van der Waals surface area contributed by atoms with Gasteiger partial charge < -0.3 is 15.1 Å². The molecule has 0 aromatic heterocycles. The summed E-state index contributed by atoms with van der Waals surface area (Å²) in [6, 6.07) is 0. The number of aliphatic hydroxyl groups excluding tert-OH is 1. The number of hydrogen-bond acceptors (Lipinski definition) is 4. The normalized spacial score (nSPS) is 11.7.